The number of H-pyrrole nitrogens is 1. The lowest BCUT2D eigenvalue weighted by molar-refractivity contribution is 0.0687. The van der Waals surface area contributed by atoms with Crippen LogP contribution in [0.15, 0.2) is 47.4 Å². The molecule has 1 aromatic carbocycles. The molecule has 0 amide bonds. The fraction of sp³-hybridized carbons (Fsp3) is 0.0588. The van der Waals surface area contributed by atoms with E-state index in [2.05, 4.69) is 27.3 Å². The number of pyridine rings is 1. The van der Waals surface area contributed by atoms with Gasteiger partial charge in [-0.15, -0.1) is 0 Å². The van der Waals surface area contributed by atoms with Gasteiger partial charge < -0.3 is 14.4 Å². The van der Waals surface area contributed by atoms with Crippen LogP contribution in [0.25, 0.3) is 0 Å². The summed E-state index contributed by atoms with van der Waals surface area (Å²) in [5, 5.41) is 18.3. The molecule has 0 aliphatic heterocycles. The van der Waals surface area contributed by atoms with E-state index in [-0.39, 0.29) is 17.1 Å². The predicted molar refractivity (Wildman–Crippen MR) is 87.5 cm³/mol. The van der Waals surface area contributed by atoms with Crippen molar-refractivity contribution >= 4 is 5.97 Å². The van der Waals surface area contributed by atoms with Crippen molar-refractivity contribution < 1.29 is 14.6 Å². The highest BCUT2D eigenvalue weighted by atomic mass is 16.5. The third-order valence-corrected chi connectivity index (χ3v) is 3.22. The number of hydrogen-bond acceptors (Lipinski definition) is 5. The molecule has 3 aromatic rings. The number of ether oxygens (including phenoxy) is 1. The Morgan fingerprint density at radius 3 is 2.80 bits per heavy atom. The van der Waals surface area contributed by atoms with Gasteiger partial charge in [0.15, 0.2) is 0 Å². The van der Waals surface area contributed by atoms with E-state index < -0.39 is 5.97 Å². The zero-order chi connectivity index (χ0) is 17.8. The summed E-state index contributed by atoms with van der Waals surface area (Å²) in [6, 6.07) is 9.89. The lowest BCUT2D eigenvalue weighted by Crippen LogP contribution is -2.14. The molecule has 0 aliphatic carbocycles. The first-order valence-corrected chi connectivity index (χ1v) is 7.14. The molecule has 25 heavy (non-hydrogen) atoms. The molecule has 0 unspecified atom stereocenters. The van der Waals surface area contributed by atoms with Crippen LogP contribution in [0, 0.1) is 11.8 Å². The largest absolute Gasteiger partial charge is 0.476 e. The molecular weight excluding hydrogens is 324 g/mol. The van der Waals surface area contributed by atoms with Gasteiger partial charge in [-0.05, 0) is 24.3 Å². The second-order valence-electron chi connectivity index (χ2n) is 5.04. The number of aromatic amines is 1. The van der Waals surface area contributed by atoms with Crippen LogP contribution in [0.2, 0.25) is 0 Å². The van der Waals surface area contributed by atoms with Crippen molar-refractivity contribution in [2.24, 2.45) is 7.05 Å². The van der Waals surface area contributed by atoms with Crippen LogP contribution in [0.3, 0.4) is 0 Å². The lowest BCUT2D eigenvalue weighted by atomic mass is 10.2. The number of aryl methyl sites for hydroxylation is 1. The molecule has 0 bridgehead atoms. The molecule has 0 spiro atoms. The highest BCUT2D eigenvalue weighted by Gasteiger charge is 2.16. The molecule has 0 saturated carbocycles. The lowest BCUT2D eigenvalue weighted by Gasteiger charge is -2.02. The second kappa shape index (κ2) is 6.72. The Morgan fingerprint density at radius 1 is 1.24 bits per heavy atom. The summed E-state index contributed by atoms with van der Waals surface area (Å²) in [4.78, 5) is 22.4. The second-order valence-corrected chi connectivity index (χ2v) is 5.04. The number of benzene rings is 1. The van der Waals surface area contributed by atoms with Crippen LogP contribution in [-0.2, 0) is 7.05 Å². The molecule has 0 radical (unpaired) electrons. The Balaban J connectivity index is 1.83. The average molecular weight is 336 g/mol. The normalized spacial score (nSPS) is 9.96. The average Bonchev–Trinajstić information content (AvgIpc) is 3.05. The van der Waals surface area contributed by atoms with Gasteiger partial charge in [-0.3, -0.25) is 4.79 Å². The van der Waals surface area contributed by atoms with Crippen molar-refractivity contribution in [2.45, 2.75) is 0 Å². The highest BCUT2D eigenvalue weighted by Crippen LogP contribution is 2.22. The summed E-state index contributed by atoms with van der Waals surface area (Å²) < 4.78 is 6.89. The third-order valence-electron chi connectivity index (χ3n) is 3.22. The molecule has 0 aliphatic rings. The van der Waals surface area contributed by atoms with Crippen molar-refractivity contribution in [1.82, 2.24) is 20.0 Å². The van der Waals surface area contributed by atoms with Gasteiger partial charge in [-0.25, -0.2) is 9.89 Å². The summed E-state index contributed by atoms with van der Waals surface area (Å²) in [6.07, 6.45) is 1.64. The first-order chi connectivity index (χ1) is 12.0. The molecular formula is C17H12N4O4. The number of hydrogen-bond donors (Lipinski definition) is 2. The summed E-state index contributed by atoms with van der Waals surface area (Å²) >= 11 is 0. The van der Waals surface area contributed by atoms with Crippen molar-refractivity contribution in [1.29, 1.82) is 0 Å². The van der Waals surface area contributed by atoms with Crippen molar-refractivity contribution in [2.75, 3.05) is 0 Å². The van der Waals surface area contributed by atoms with Crippen molar-refractivity contribution in [3.05, 3.63) is 69.8 Å². The summed E-state index contributed by atoms with van der Waals surface area (Å²) in [5.41, 5.74) is 1.01. The number of aromatic carboxylic acids is 1. The zero-order valence-corrected chi connectivity index (χ0v) is 13.1. The maximum atomic E-state index is 11.4. The van der Waals surface area contributed by atoms with E-state index in [1.54, 1.807) is 43.6 Å². The SMILES string of the molecule is Cn1cc(C#Cc2cccc(Oc3nn[nH]c3C(=O)O)c2)ccc1=O. The van der Waals surface area contributed by atoms with Crippen LogP contribution in [-0.4, -0.2) is 31.1 Å². The van der Waals surface area contributed by atoms with Crippen LogP contribution in [0.1, 0.15) is 21.6 Å². The Morgan fingerprint density at radius 2 is 2.04 bits per heavy atom. The van der Waals surface area contributed by atoms with E-state index in [1.807, 2.05) is 0 Å². The topological polar surface area (TPSA) is 110 Å². The fourth-order valence-corrected chi connectivity index (χ4v) is 1.99. The van der Waals surface area contributed by atoms with Crippen molar-refractivity contribution in [3.63, 3.8) is 0 Å². The molecule has 2 heterocycles. The highest BCUT2D eigenvalue weighted by molar-refractivity contribution is 5.87. The monoisotopic (exact) mass is 336 g/mol. The van der Waals surface area contributed by atoms with Gasteiger partial charge in [0.05, 0.1) is 0 Å². The molecule has 8 heteroatoms. The van der Waals surface area contributed by atoms with Gasteiger partial charge in [0, 0.05) is 30.4 Å². The summed E-state index contributed by atoms with van der Waals surface area (Å²) in [7, 11) is 1.65. The minimum Gasteiger partial charge on any atom is -0.476 e. The maximum Gasteiger partial charge on any atom is 0.359 e. The third kappa shape index (κ3) is 3.73. The minimum atomic E-state index is -1.22. The van der Waals surface area contributed by atoms with E-state index in [9.17, 15) is 9.59 Å². The van der Waals surface area contributed by atoms with Crippen LogP contribution >= 0.6 is 0 Å². The molecule has 124 valence electrons. The van der Waals surface area contributed by atoms with Crippen LogP contribution in [0.5, 0.6) is 11.6 Å². The number of carbonyl (C=O) groups is 1. The number of carboxylic acid groups (broad SMARTS) is 1. The quantitative estimate of drug-likeness (QED) is 0.700. The van der Waals surface area contributed by atoms with E-state index in [4.69, 9.17) is 9.84 Å². The number of carboxylic acids is 1. The van der Waals surface area contributed by atoms with E-state index >= 15 is 0 Å². The molecule has 0 fully saturated rings. The smallest absolute Gasteiger partial charge is 0.359 e. The molecule has 8 nitrogen and oxygen atoms in total. The van der Waals surface area contributed by atoms with Crippen molar-refractivity contribution in [3.8, 4) is 23.5 Å². The summed E-state index contributed by atoms with van der Waals surface area (Å²) in [6.45, 7) is 0. The van der Waals surface area contributed by atoms with E-state index in [0.29, 0.717) is 16.9 Å². The maximum absolute atomic E-state index is 11.4. The number of rotatable bonds is 3. The Hall–Kier alpha value is -3.86. The summed E-state index contributed by atoms with van der Waals surface area (Å²) in [5.74, 6) is 4.94. The molecule has 2 N–H and O–H groups in total. The Kier molecular flexibility index (Phi) is 4.30. The van der Waals surface area contributed by atoms with Gasteiger partial charge in [-0.1, -0.05) is 28.2 Å². The first-order valence-electron chi connectivity index (χ1n) is 7.14. The number of nitrogens with one attached hydrogen (secondary N) is 1. The molecule has 0 saturated heterocycles. The first kappa shape index (κ1) is 16.0. The number of aromatic nitrogens is 4. The van der Waals surface area contributed by atoms with Gasteiger partial charge in [0.2, 0.25) is 11.3 Å². The molecule has 0 atom stereocenters. The zero-order valence-electron chi connectivity index (χ0n) is 13.1. The molecule has 2 aromatic heterocycles. The van der Waals surface area contributed by atoms with Crippen LogP contribution < -0.4 is 10.3 Å². The van der Waals surface area contributed by atoms with Gasteiger partial charge in [0.1, 0.15) is 5.75 Å². The van der Waals surface area contributed by atoms with E-state index in [1.165, 1.54) is 10.6 Å². The Labute approximate surface area is 141 Å². The number of nitrogens with zero attached hydrogens (tertiary/aromatic N) is 3. The molecule has 3 rings (SSSR count). The standard InChI is InChI=1S/C17H12N4O4/c1-21-10-12(7-8-14(21)22)6-5-11-3-2-4-13(9-11)25-16-15(17(23)24)18-20-19-16/h2-4,7-10H,1H3,(H,23,24)(H,18,19,20). The van der Waals surface area contributed by atoms with Crippen LogP contribution in [0.4, 0.5) is 0 Å². The van der Waals surface area contributed by atoms with Gasteiger partial charge in [-0.2, -0.15) is 0 Å². The van der Waals surface area contributed by atoms with E-state index in [0.717, 1.165) is 0 Å². The fourth-order valence-electron chi connectivity index (χ4n) is 1.99. The Bertz CT molecular complexity index is 1060. The van der Waals surface area contributed by atoms with Gasteiger partial charge >= 0.3 is 5.97 Å². The minimum absolute atomic E-state index is 0.109. The predicted octanol–water partition coefficient (Wildman–Crippen LogP) is 1.39. The van der Waals surface area contributed by atoms with Gasteiger partial charge in [0.25, 0.3) is 5.88 Å².